The fourth-order valence-corrected chi connectivity index (χ4v) is 2.00. The van der Waals surface area contributed by atoms with Crippen molar-refractivity contribution in [2.24, 2.45) is 11.8 Å². The van der Waals surface area contributed by atoms with Crippen LogP contribution >= 0.6 is 0 Å². The summed E-state index contributed by atoms with van der Waals surface area (Å²) in [5, 5.41) is 2.79. The zero-order chi connectivity index (χ0) is 19.7. The number of carbonyl (C=O) groups excluding carboxylic acids is 2. The Morgan fingerprint density at radius 1 is 1.08 bits per heavy atom. The van der Waals surface area contributed by atoms with Gasteiger partial charge in [0.15, 0.2) is 18.1 Å². The van der Waals surface area contributed by atoms with Crippen molar-refractivity contribution in [3.8, 4) is 11.5 Å². The van der Waals surface area contributed by atoms with Crippen LogP contribution < -0.4 is 14.8 Å². The van der Waals surface area contributed by atoms with Crippen LogP contribution in [0.3, 0.4) is 0 Å². The first-order chi connectivity index (χ1) is 12.2. The molecule has 1 rings (SSSR count). The molecular weight excluding hydrogens is 334 g/mol. The Morgan fingerprint density at radius 2 is 1.77 bits per heavy atom. The van der Waals surface area contributed by atoms with Crippen molar-refractivity contribution in [3.05, 3.63) is 23.8 Å². The molecule has 6 heteroatoms. The van der Waals surface area contributed by atoms with E-state index < -0.39 is 5.97 Å². The molecule has 0 spiro atoms. The lowest BCUT2D eigenvalue weighted by Crippen LogP contribution is -2.38. The molecule has 1 N–H and O–H groups in total. The average molecular weight is 365 g/mol. The fourth-order valence-electron chi connectivity index (χ4n) is 2.00. The molecule has 0 aliphatic rings. The van der Waals surface area contributed by atoms with Crippen molar-refractivity contribution < 1.29 is 23.8 Å². The van der Waals surface area contributed by atoms with Gasteiger partial charge in [0.25, 0.3) is 5.91 Å². The summed E-state index contributed by atoms with van der Waals surface area (Å²) in [6.07, 6.45) is 0.927. The number of ether oxygens (including phenoxy) is 3. The molecule has 0 bridgehead atoms. The highest BCUT2D eigenvalue weighted by Gasteiger charge is 2.16. The highest BCUT2D eigenvalue weighted by atomic mass is 16.5. The highest BCUT2D eigenvalue weighted by Crippen LogP contribution is 2.28. The number of rotatable bonds is 10. The molecule has 1 unspecified atom stereocenters. The predicted molar refractivity (Wildman–Crippen MR) is 101 cm³/mol. The van der Waals surface area contributed by atoms with Crippen LogP contribution in [0.1, 0.15) is 51.4 Å². The molecular formula is C20H31NO5. The molecule has 1 aromatic carbocycles. The third-order valence-corrected chi connectivity index (χ3v) is 4.08. The van der Waals surface area contributed by atoms with Crippen LogP contribution in [-0.4, -0.2) is 38.2 Å². The van der Waals surface area contributed by atoms with E-state index in [2.05, 4.69) is 19.2 Å². The molecule has 0 aliphatic heterocycles. The first kappa shape index (κ1) is 21.8. The van der Waals surface area contributed by atoms with Gasteiger partial charge in [-0.3, -0.25) is 4.79 Å². The smallest absolute Gasteiger partial charge is 0.338 e. The van der Waals surface area contributed by atoms with Crippen LogP contribution in [0.2, 0.25) is 0 Å². The largest absolute Gasteiger partial charge is 0.493 e. The number of methoxy groups -OCH3 is 1. The van der Waals surface area contributed by atoms with Gasteiger partial charge < -0.3 is 19.5 Å². The maximum absolute atomic E-state index is 12.2. The third kappa shape index (κ3) is 7.33. The lowest BCUT2D eigenvalue weighted by atomic mass is 10.1. The number of hydrogen-bond acceptors (Lipinski definition) is 5. The minimum atomic E-state index is -0.579. The van der Waals surface area contributed by atoms with E-state index in [0.717, 1.165) is 6.42 Å². The predicted octanol–water partition coefficient (Wildman–Crippen LogP) is 3.44. The van der Waals surface area contributed by atoms with E-state index >= 15 is 0 Å². The van der Waals surface area contributed by atoms with Crippen LogP contribution in [0.15, 0.2) is 18.2 Å². The molecule has 0 aromatic heterocycles. The minimum absolute atomic E-state index is 0.0172. The van der Waals surface area contributed by atoms with E-state index in [1.54, 1.807) is 18.2 Å². The van der Waals surface area contributed by atoms with E-state index in [1.165, 1.54) is 7.11 Å². The Labute approximate surface area is 156 Å². The normalized spacial score (nSPS) is 12.0. The summed E-state index contributed by atoms with van der Waals surface area (Å²) in [6.45, 7) is 10.4. The molecule has 1 atom stereocenters. The molecule has 6 nitrogen and oxygen atoms in total. The van der Waals surface area contributed by atoms with E-state index in [9.17, 15) is 9.59 Å². The second-order valence-corrected chi connectivity index (χ2v) is 7.07. The lowest BCUT2D eigenvalue weighted by molar-refractivity contribution is -0.125. The molecule has 0 radical (unpaired) electrons. The maximum atomic E-state index is 12.2. The summed E-state index contributed by atoms with van der Waals surface area (Å²) in [6, 6.07) is 4.85. The van der Waals surface area contributed by atoms with Gasteiger partial charge in [-0.1, -0.05) is 27.7 Å². The zero-order valence-corrected chi connectivity index (χ0v) is 16.6. The number of hydrogen-bond donors (Lipinski definition) is 1. The molecule has 26 heavy (non-hydrogen) atoms. The molecule has 0 aliphatic carbocycles. The van der Waals surface area contributed by atoms with Crippen LogP contribution in [0.4, 0.5) is 0 Å². The first-order valence-electron chi connectivity index (χ1n) is 9.01. The van der Waals surface area contributed by atoms with Crippen LogP contribution in [0.25, 0.3) is 0 Å². The van der Waals surface area contributed by atoms with Crippen molar-refractivity contribution in [2.75, 3.05) is 20.3 Å². The SMILES string of the molecule is COc1cc(C(=O)OCC(=O)NC(C)C(C)C)ccc1OCCC(C)C. The maximum Gasteiger partial charge on any atom is 0.338 e. The summed E-state index contributed by atoms with van der Waals surface area (Å²) in [5.74, 6) is 0.987. The molecule has 0 heterocycles. The lowest BCUT2D eigenvalue weighted by Gasteiger charge is -2.17. The zero-order valence-electron chi connectivity index (χ0n) is 16.6. The number of benzene rings is 1. The molecule has 1 aromatic rings. The Morgan fingerprint density at radius 3 is 2.35 bits per heavy atom. The third-order valence-electron chi connectivity index (χ3n) is 4.08. The van der Waals surface area contributed by atoms with Crippen LogP contribution in [0, 0.1) is 11.8 Å². The van der Waals surface area contributed by atoms with E-state index in [0.29, 0.717) is 35.5 Å². The summed E-state index contributed by atoms with van der Waals surface area (Å²) in [4.78, 5) is 24.0. The number of carbonyl (C=O) groups is 2. The van der Waals surface area contributed by atoms with Gasteiger partial charge in [0, 0.05) is 6.04 Å². The summed E-state index contributed by atoms with van der Waals surface area (Å²) < 4.78 is 16.1. The molecule has 0 fully saturated rings. The van der Waals surface area contributed by atoms with Gasteiger partial charge in [0.2, 0.25) is 0 Å². The van der Waals surface area contributed by atoms with Crippen molar-refractivity contribution in [1.82, 2.24) is 5.32 Å². The highest BCUT2D eigenvalue weighted by molar-refractivity contribution is 5.92. The molecule has 1 amide bonds. The van der Waals surface area contributed by atoms with Gasteiger partial charge in [-0.25, -0.2) is 4.79 Å². The van der Waals surface area contributed by atoms with Crippen LogP contribution in [-0.2, 0) is 9.53 Å². The van der Waals surface area contributed by atoms with Gasteiger partial charge >= 0.3 is 5.97 Å². The number of nitrogens with one attached hydrogen (secondary N) is 1. The standard InChI is InChI=1S/C20H31NO5/c1-13(2)9-10-25-17-8-7-16(11-18(17)24-6)20(23)26-12-19(22)21-15(5)14(3)4/h7-8,11,13-15H,9-10,12H2,1-6H3,(H,21,22). The second-order valence-electron chi connectivity index (χ2n) is 7.07. The summed E-state index contributed by atoms with van der Waals surface area (Å²) in [7, 11) is 1.51. The van der Waals surface area contributed by atoms with E-state index in [4.69, 9.17) is 14.2 Å². The Bertz CT molecular complexity index is 598. The average Bonchev–Trinajstić information content (AvgIpc) is 2.59. The number of amides is 1. The van der Waals surface area contributed by atoms with Crippen LogP contribution in [0.5, 0.6) is 11.5 Å². The van der Waals surface area contributed by atoms with E-state index in [-0.39, 0.29) is 18.6 Å². The first-order valence-corrected chi connectivity index (χ1v) is 9.01. The molecule has 0 saturated carbocycles. The van der Waals surface area contributed by atoms with Gasteiger partial charge in [-0.2, -0.15) is 0 Å². The minimum Gasteiger partial charge on any atom is -0.493 e. The summed E-state index contributed by atoms with van der Waals surface area (Å²) in [5.41, 5.74) is 0.308. The second kappa shape index (κ2) is 10.7. The van der Waals surface area contributed by atoms with Crippen molar-refractivity contribution in [3.63, 3.8) is 0 Å². The summed E-state index contributed by atoms with van der Waals surface area (Å²) >= 11 is 0. The van der Waals surface area contributed by atoms with Crippen molar-refractivity contribution in [2.45, 2.75) is 47.1 Å². The quantitative estimate of drug-likeness (QED) is 0.643. The van der Waals surface area contributed by atoms with Crippen molar-refractivity contribution >= 4 is 11.9 Å². The van der Waals surface area contributed by atoms with Gasteiger partial charge in [-0.15, -0.1) is 0 Å². The Hall–Kier alpha value is -2.24. The monoisotopic (exact) mass is 365 g/mol. The molecule has 0 saturated heterocycles. The Kier molecular flexibility index (Phi) is 8.96. The van der Waals surface area contributed by atoms with Gasteiger partial charge in [0.1, 0.15) is 0 Å². The van der Waals surface area contributed by atoms with Gasteiger partial charge in [0.05, 0.1) is 19.3 Å². The topological polar surface area (TPSA) is 73.9 Å². The van der Waals surface area contributed by atoms with Gasteiger partial charge in [-0.05, 0) is 43.4 Å². The molecule has 146 valence electrons. The van der Waals surface area contributed by atoms with Crippen molar-refractivity contribution in [1.29, 1.82) is 0 Å². The number of esters is 1. The van der Waals surface area contributed by atoms with E-state index in [1.807, 2.05) is 20.8 Å². The Balaban J connectivity index is 2.62. The fraction of sp³-hybridized carbons (Fsp3) is 0.600.